The molecule has 3 aromatic carbocycles. The van der Waals surface area contributed by atoms with Crippen LogP contribution in [0.3, 0.4) is 0 Å². The molecule has 1 spiro atoms. The molecule has 0 aliphatic carbocycles. The monoisotopic (exact) mass is 798 g/mol. The van der Waals surface area contributed by atoms with Crippen molar-refractivity contribution in [3.8, 4) is 11.5 Å². The summed E-state index contributed by atoms with van der Waals surface area (Å²) in [6, 6.07) is 9.27. The molecule has 0 saturated carbocycles. The molecule has 4 saturated heterocycles. The van der Waals surface area contributed by atoms with Crippen molar-refractivity contribution in [1.82, 2.24) is 0 Å². The predicted molar refractivity (Wildman–Crippen MR) is 212 cm³/mol. The summed E-state index contributed by atoms with van der Waals surface area (Å²) in [7, 11) is -1.05. The number of fused-ring (bicyclic) bond motifs is 1. The van der Waals surface area contributed by atoms with E-state index in [9.17, 15) is 0 Å². The normalized spacial score (nSPS) is 32.4. The topological polar surface area (TPSA) is 27.7 Å². The molecule has 0 amide bonds. The zero-order valence-corrected chi connectivity index (χ0v) is 36.1. The van der Waals surface area contributed by atoms with Gasteiger partial charge in [-0.3, -0.25) is 0 Å². The fourth-order valence-electron chi connectivity index (χ4n) is 10.1. The van der Waals surface area contributed by atoms with Crippen molar-refractivity contribution in [3.63, 3.8) is 0 Å². The number of aryl methyl sites for hydroxylation is 6. The minimum absolute atomic E-state index is 0.110. The molecule has 6 aliphatic heterocycles. The summed E-state index contributed by atoms with van der Waals surface area (Å²) in [5.41, 5.74) is 9.72. The van der Waals surface area contributed by atoms with Crippen molar-refractivity contribution in [2.24, 2.45) is 10.8 Å². The quantitative estimate of drug-likeness (QED) is 0.149. The van der Waals surface area contributed by atoms with Crippen molar-refractivity contribution >= 4 is 82.1 Å². The summed E-state index contributed by atoms with van der Waals surface area (Å²) in [6.07, 6.45) is 0.995. The molecule has 0 aromatic heterocycles. The summed E-state index contributed by atoms with van der Waals surface area (Å²) < 4.78 is 24.1. The van der Waals surface area contributed by atoms with Gasteiger partial charge in [0.2, 0.25) is 0 Å². The molecule has 9 rings (SSSR count). The summed E-state index contributed by atoms with van der Waals surface area (Å²) in [4.78, 5) is -0.736. The molecule has 6 aliphatic rings. The standard InChI is InChI=1S/C37H42Cl4O3P4/c1-13-34(11,12)37-35(24-20(4)14-18(2)15-21(24)5)47(37)44-36(25-22(6)16-19(3)17-23(25)7)46(37)32(33(8,9)10)45-48(35,36)42-30-28(40)26(38)27(39)29(41)31(30)43-48/h14-17H,13H2,1-12H3/t35-,36-,37-,46?,47?/m1/s1. The van der Waals surface area contributed by atoms with Crippen LogP contribution in [0.2, 0.25) is 20.1 Å². The van der Waals surface area contributed by atoms with Gasteiger partial charge in [-0.1, -0.05) is 0 Å². The molecule has 0 radical (unpaired) electrons. The van der Waals surface area contributed by atoms with Crippen LogP contribution >= 0.6 is 77.1 Å². The number of benzene rings is 3. The van der Waals surface area contributed by atoms with E-state index >= 15 is 0 Å². The van der Waals surface area contributed by atoms with Gasteiger partial charge in [-0.2, -0.15) is 0 Å². The van der Waals surface area contributed by atoms with Crippen molar-refractivity contribution in [1.29, 1.82) is 0 Å². The zero-order chi connectivity index (χ0) is 35.1. The first-order chi connectivity index (χ1) is 22.2. The van der Waals surface area contributed by atoms with Gasteiger partial charge in [0, 0.05) is 0 Å². The third-order valence-corrected chi connectivity index (χ3v) is 36.9. The van der Waals surface area contributed by atoms with Gasteiger partial charge in [-0.25, -0.2) is 0 Å². The first kappa shape index (κ1) is 34.9. The molecular formula is C37H42Cl4O3P4. The van der Waals surface area contributed by atoms with Crippen LogP contribution in [-0.2, 0) is 14.5 Å². The summed E-state index contributed by atoms with van der Waals surface area (Å²) in [5.74, 6) is 0.828. The van der Waals surface area contributed by atoms with E-state index in [0.29, 0.717) is 11.5 Å². The van der Waals surface area contributed by atoms with E-state index < -0.39 is 32.8 Å². The Hall–Kier alpha value is -0.160. The van der Waals surface area contributed by atoms with Crippen LogP contribution < -0.4 is 9.05 Å². The Bertz CT molecular complexity index is 2010. The van der Waals surface area contributed by atoms with Crippen LogP contribution in [-0.4, -0.2) is 9.93 Å². The van der Waals surface area contributed by atoms with Crippen molar-refractivity contribution < 1.29 is 13.6 Å². The molecule has 5 atom stereocenters. The first-order valence-corrected chi connectivity index (χ1v) is 24.3. The molecule has 256 valence electrons. The van der Waals surface area contributed by atoms with E-state index in [1.54, 1.807) is 0 Å². The molecular weight excluding hydrogens is 758 g/mol. The van der Waals surface area contributed by atoms with Crippen LogP contribution in [0.25, 0.3) is 0 Å². The second kappa shape index (κ2) is 9.87. The predicted octanol–water partition coefficient (Wildman–Crippen LogP) is 15.1. The van der Waals surface area contributed by atoms with E-state index in [-0.39, 0.29) is 35.8 Å². The van der Waals surface area contributed by atoms with E-state index in [0.717, 1.165) is 14.3 Å². The Morgan fingerprint density at radius 1 is 0.708 bits per heavy atom. The van der Waals surface area contributed by atoms with E-state index in [2.05, 4.69) is 107 Å². The molecule has 6 bridgehead atoms. The zero-order valence-electron chi connectivity index (χ0n) is 29.5. The second-order valence-electron chi connectivity index (χ2n) is 16.1. The van der Waals surface area contributed by atoms with Gasteiger partial charge < -0.3 is 0 Å². The van der Waals surface area contributed by atoms with Crippen molar-refractivity contribution in [2.75, 3.05) is 0 Å². The Balaban J connectivity index is 1.66. The maximum atomic E-state index is 8.11. The summed E-state index contributed by atoms with van der Waals surface area (Å²) >= 11 is 28.0. The Morgan fingerprint density at radius 2 is 1.15 bits per heavy atom. The van der Waals surface area contributed by atoms with E-state index in [1.807, 2.05) is 0 Å². The summed E-state index contributed by atoms with van der Waals surface area (Å²) in [5, 5.41) is 1.53. The molecule has 3 aromatic rings. The van der Waals surface area contributed by atoms with Gasteiger partial charge in [0.15, 0.2) is 0 Å². The molecule has 3 nitrogen and oxygen atoms in total. The minimum atomic E-state index is -4.28. The molecule has 2 unspecified atom stereocenters. The first-order valence-electron chi connectivity index (χ1n) is 16.5. The molecule has 11 heteroatoms. The number of hydrogen-bond donors (Lipinski definition) is 0. The average Bonchev–Trinajstić information content (AvgIpc) is 3.28. The van der Waals surface area contributed by atoms with Gasteiger partial charge in [0.05, 0.1) is 0 Å². The number of hydrogen-bond acceptors (Lipinski definition) is 3. The maximum absolute atomic E-state index is 8.11. The van der Waals surface area contributed by atoms with Gasteiger partial charge in [-0.05, 0) is 0 Å². The molecule has 6 heterocycles. The van der Waals surface area contributed by atoms with Crippen LogP contribution in [0.15, 0.2) is 24.3 Å². The van der Waals surface area contributed by atoms with E-state index in [1.165, 1.54) is 49.5 Å². The van der Waals surface area contributed by atoms with Crippen LogP contribution in [0.5, 0.6) is 11.5 Å². The molecule has 0 N–H and O–H groups in total. The third kappa shape index (κ3) is 3.27. The van der Waals surface area contributed by atoms with Crippen molar-refractivity contribution in [2.45, 2.75) is 104 Å². The third-order valence-electron chi connectivity index (χ3n) is 11.7. The Morgan fingerprint density at radius 3 is 1.56 bits per heavy atom. The van der Waals surface area contributed by atoms with Crippen LogP contribution in [0.4, 0.5) is 0 Å². The molecule has 48 heavy (non-hydrogen) atoms. The van der Waals surface area contributed by atoms with E-state index in [4.69, 9.17) is 60.0 Å². The summed E-state index contributed by atoms with van der Waals surface area (Å²) in [6.45, 7) is 23.5. The Labute approximate surface area is 309 Å². The SMILES string of the molecule is CCC(C)(C)[C@@]12P3C(C(C)(C)C)=PP45(Oc6c(Cl)c(Cl)c(Cl)c(Cl)c6O4)[C@]3(c3c(C)cc(C)cc3C)OP1[C@@]25c1c(C)cc(C)cc1C. The Kier molecular flexibility index (Phi) is 7.18. The second-order valence-corrected chi connectivity index (χ2v) is 30.5. The van der Waals surface area contributed by atoms with Crippen LogP contribution in [0, 0.1) is 52.4 Å². The van der Waals surface area contributed by atoms with Crippen LogP contribution in [0.1, 0.15) is 92.5 Å². The fourth-order valence-corrected chi connectivity index (χ4v) is 46.1. The number of rotatable bonds is 4. The average molecular weight is 800 g/mol. The number of halogens is 4. The van der Waals surface area contributed by atoms with Gasteiger partial charge in [0.1, 0.15) is 0 Å². The van der Waals surface area contributed by atoms with Gasteiger partial charge in [0.25, 0.3) is 0 Å². The van der Waals surface area contributed by atoms with Gasteiger partial charge >= 0.3 is 311 Å². The fraction of sp³-hybridized carbons (Fsp3) is 0.486. The van der Waals surface area contributed by atoms with Gasteiger partial charge in [-0.15, -0.1) is 0 Å². The van der Waals surface area contributed by atoms with Crippen molar-refractivity contribution in [3.05, 3.63) is 88.9 Å². The molecule has 4 fully saturated rings.